The zero-order chi connectivity index (χ0) is 18.2. The van der Waals surface area contributed by atoms with Crippen LogP contribution >= 0.6 is 0 Å². The Balaban J connectivity index is 1.83. The zero-order valence-corrected chi connectivity index (χ0v) is 13.6. The normalized spacial score (nSPS) is 22.1. The summed E-state index contributed by atoms with van der Waals surface area (Å²) in [5.41, 5.74) is 5.08. The molecule has 2 N–H and O–H groups in total. The molecule has 3 rings (SSSR count). The van der Waals surface area contributed by atoms with Crippen LogP contribution in [0.15, 0.2) is 0 Å². The van der Waals surface area contributed by atoms with Crippen molar-refractivity contribution in [2.75, 3.05) is 6.54 Å². The summed E-state index contributed by atoms with van der Waals surface area (Å²) >= 11 is 0. The minimum Gasteiger partial charge on any atom is -0.369 e. The number of carbonyl (C=O) groups excluding carboxylic acids is 2. The lowest BCUT2D eigenvalue weighted by molar-refractivity contribution is -0.143. The van der Waals surface area contributed by atoms with E-state index in [0.29, 0.717) is 6.54 Å². The minimum atomic E-state index is -4.47. The highest BCUT2D eigenvalue weighted by molar-refractivity contribution is 5.80. The molecule has 2 aliphatic rings. The summed E-state index contributed by atoms with van der Waals surface area (Å²) in [4.78, 5) is 29.2. The third-order valence-corrected chi connectivity index (χ3v) is 4.69. The molecular formula is C15H20F3N5O2. The molecule has 0 bridgehead atoms. The van der Waals surface area contributed by atoms with E-state index in [-0.39, 0.29) is 36.4 Å². The first-order valence-electron chi connectivity index (χ1n) is 8.31. The van der Waals surface area contributed by atoms with Gasteiger partial charge in [-0.05, 0) is 12.8 Å². The Kier molecular flexibility index (Phi) is 4.70. The predicted molar refractivity (Wildman–Crippen MR) is 80.3 cm³/mol. The number of hydrogen-bond acceptors (Lipinski definition) is 4. The van der Waals surface area contributed by atoms with E-state index in [1.54, 1.807) is 4.90 Å². The van der Waals surface area contributed by atoms with E-state index in [1.807, 2.05) is 0 Å². The van der Waals surface area contributed by atoms with Crippen LogP contribution in [-0.2, 0) is 22.6 Å². The summed E-state index contributed by atoms with van der Waals surface area (Å²) in [6.07, 6.45) is -0.701. The topological polar surface area (TPSA) is 94.1 Å². The second-order valence-corrected chi connectivity index (χ2v) is 6.69. The lowest BCUT2D eigenvalue weighted by Gasteiger charge is -2.24. The second-order valence-electron chi connectivity index (χ2n) is 6.69. The number of halogens is 3. The maximum Gasteiger partial charge on any atom is 0.408 e. The van der Waals surface area contributed by atoms with Crippen molar-refractivity contribution in [1.82, 2.24) is 19.7 Å². The molecule has 1 aromatic heterocycles. The monoisotopic (exact) mass is 359 g/mol. The summed E-state index contributed by atoms with van der Waals surface area (Å²) in [5.74, 6) is -1.17. The molecule has 25 heavy (non-hydrogen) atoms. The number of hydrogen-bond donors (Lipinski definition) is 1. The van der Waals surface area contributed by atoms with E-state index >= 15 is 0 Å². The van der Waals surface area contributed by atoms with Gasteiger partial charge < -0.3 is 10.6 Å². The van der Waals surface area contributed by atoms with Gasteiger partial charge in [0.1, 0.15) is 12.4 Å². The largest absolute Gasteiger partial charge is 0.408 e. The van der Waals surface area contributed by atoms with E-state index in [2.05, 4.69) is 10.1 Å². The molecule has 1 aliphatic heterocycles. The fourth-order valence-corrected chi connectivity index (χ4v) is 3.70. The second kappa shape index (κ2) is 6.64. The van der Waals surface area contributed by atoms with Crippen molar-refractivity contribution in [2.24, 2.45) is 5.73 Å². The molecule has 10 heteroatoms. The van der Waals surface area contributed by atoms with Crippen LogP contribution in [0.25, 0.3) is 0 Å². The lowest BCUT2D eigenvalue weighted by Crippen LogP contribution is -2.34. The van der Waals surface area contributed by atoms with Gasteiger partial charge in [0, 0.05) is 24.9 Å². The van der Waals surface area contributed by atoms with Crippen LogP contribution in [0, 0.1) is 0 Å². The zero-order valence-electron chi connectivity index (χ0n) is 13.6. The van der Waals surface area contributed by atoms with Crippen LogP contribution in [-0.4, -0.2) is 50.2 Å². The Hall–Kier alpha value is -2.13. The summed E-state index contributed by atoms with van der Waals surface area (Å²) in [6.45, 7) is -0.960. The first-order valence-corrected chi connectivity index (χ1v) is 8.31. The molecule has 7 nitrogen and oxygen atoms in total. The number of amides is 2. The molecule has 0 spiro atoms. The lowest BCUT2D eigenvalue weighted by atomic mass is 10.1. The minimum absolute atomic E-state index is 0.0430. The Morgan fingerprint density at radius 2 is 1.96 bits per heavy atom. The molecule has 2 heterocycles. The summed E-state index contributed by atoms with van der Waals surface area (Å²) in [6, 6.07) is 0.168. The molecule has 2 fully saturated rings. The summed E-state index contributed by atoms with van der Waals surface area (Å²) < 4.78 is 39.2. The van der Waals surface area contributed by atoms with Gasteiger partial charge in [-0.25, -0.2) is 9.67 Å². The van der Waals surface area contributed by atoms with Crippen LogP contribution in [0.2, 0.25) is 0 Å². The smallest absolute Gasteiger partial charge is 0.369 e. The molecule has 1 aliphatic carbocycles. The predicted octanol–water partition coefficient (Wildman–Crippen LogP) is 1.13. The van der Waals surface area contributed by atoms with Crippen LogP contribution in [0.5, 0.6) is 0 Å². The number of alkyl halides is 3. The van der Waals surface area contributed by atoms with E-state index in [4.69, 9.17) is 5.73 Å². The Bertz CT molecular complexity index is 667. The molecule has 1 aromatic rings. The number of rotatable bonds is 5. The van der Waals surface area contributed by atoms with Crippen LogP contribution in [0.3, 0.4) is 0 Å². The highest BCUT2D eigenvalue weighted by Crippen LogP contribution is 2.34. The third kappa shape index (κ3) is 4.10. The number of likely N-dealkylation sites (tertiary alicyclic amines) is 1. The number of nitrogens with zero attached hydrogens (tertiary/aromatic N) is 4. The van der Waals surface area contributed by atoms with Crippen molar-refractivity contribution >= 4 is 11.8 Å². The van der Waals surface area contributed by atoms with Gasteiger partial charge in [-0.15, -0.1) is 0 Å². The van der Waals surface area contributed by atoms with Crippen molar-refractivity contribution in [3.63, 3.8) is 0 Å². The summed E-state index contributed by atoms with van der Waals surface area (Å²) in [5, 5.41) is 3.78. The highest BCUT2D eigenvalue weighted by Gasteiger charge is 2.40. The van der Waals surface area contributed by atoms with Gasteiger partial charge in [0.05, 0.1) is 6.42 Å². The fourth-order valence-electron chi connectivity index (χ4n) is 3.70. The van der Waals surface area contributed by atoms with Crippen LogP contribution < -0.4 is 5.73 Å². The molecule has 1 atom stereocenters. The van der Waals surface area contributed by atoms with Crippen molar-refractivity contribution in [3.8, 4) is 0 Å². The fraction of sp³-hybridized carbons (Fsp3) is 0.733. The van der Waals surface area contributed by atoms with E-state index in [9.17, 15) is 22.8 Å². The van der Waals surface area contributed by atoms with Crippen molar-refractivity contribution in [3.05, 3.63) is 11.6 Å². The average Bonchev–Trinajstić information content (AvgIpc) is 3.16. The first kappa shape index (κ1) is 17.7. The van der Waals surface area contributed by atoms with Gasteiger partial charge >= 0.3 is 6.18 Å². The molecule has 1 saturated heterocycles. The van der Waals surface area contributed by atoms with Gasteiger partial charge in [-0.1, -0.05) is 12.8 Å². The first-order chi connectivity index (χ1) is 11.7. The summed E-state index contributed by atoms with van der Waals surface area (Å²) in [7, 11) is 0. The van der Waals surface area contributed by atoms with Crippen LogP contribution in [0.4, 0.5) is 13.2 Å². The standard InChI is InChI=1S/C15H20F3N5O2/c16-15(17,18)8-23-14(20-12(21-23)6-11(19)24)9-5-13(25)22(7-9)10-3-1-2-4-10/h9-10H,1-8H2,(H2,19,24)/t9-/m0/s1. The molecule has 0 radical (unpaired) electrons. The van der Waals surface area contributed by atoms with Crippen molar-refractivity contribution in [1.29, 1.82) is 0 Å². The number of carbonyl (C=O) groups is 2. The molecular weight excluding hydrogens is 339 g/mol. The average molecular weight is 359 g/mol. The van der Waals surface area contributed by atoms with Gasteiger partial charge in [0.25, 0.3) is 0 Å². The quantitative estimate of drug-likeness (QED) is 0.853. The van der Waals surface area contributed by atoms with Gasteiger partial charge in [0.2, 0.25) is 11.8 Å². The number of aromatic nitrogens is 3. The van der Waals surface area contributed by atoms with Crippen molar-refractivity contribution in [2.45, 2.75) is 63.2 Å². The molecule has 0 aromatic carbocycles. The SMILES string of the molecule is NC(=O)Cc1nc([C@H]2CC(=O)N(C3CCCC3)C2)n(CC(F)(F)F)n1. The van der Waals surface area contributed by atoms with Crippen molar-refractivity contribution < 1.29 is 22.8 Å². The Labute approximate surface area is 142 Å². The van der Waals surface area contributed by atoms with E-state index < -0.39 is 24.5 Å². The molecule has 138 valence electrons. The van der Waals surface area contributed by atoms with Gasteiger partial charge in [-0.2, -0.15) is 18.3 Å². The Morgan fingerprint density at radius 3 is 2.56 bits per heavy atom. The van der Waals surface area contributed by atoms with Gasteiger partial charge in [-0.3, -0.25) is 9.59 Å². The van der Waals surface area contributed by atoms with E-state index in [1.165, 1.54) is 0 Å². The molecule has 0 unspecified atom stereocenters. The maximum atomic E-state index is 12.8. The third-order valence-electron chi connectivity index (χ3n) is 4.69. The maximum absolute atomic E-state index is 12.8. The van der Waals surface area contributed by atoms with E-state index in [0.717, 1.165) is 30.4 Å². The number of primary amides is 1. The molecule has 1 saturated carbocycles. The molecule has 2 amide bonds. The highest BCUT2D eigenvalue weighted by atomic mass is 19.4. The van der Waals surface area contributed by atoms with Crippen LogP contribution in [0.1, 0.15) is 49.7 Å². The number of nitrogens with two attached hydrogens (primary N) is 1. The Morgan fingerprint density at radius 1 is 1.28 bits per heavy atom. The van der Waals surface area contributed by atoms with Gasteiger partial charge in [0.15, 0.2) is 5.82 Å².